The van der Waals surface area contributed by atoms with Crippen molar-refractivity contribution in [1.82, 2.24) is 10.2 Å². The lowest BCUT2D eigenvalue weighted by atomic mass is 9.88. The van der Waals surface area contributed by atoms with Crippen molar-refractivity contribution in [2.45, 2.75) is 18.9 Å². The van der Waals surface area contributed by atoms with Crippen molar-refractivity contribution >= 4 is 6.03 Å². The average molecular weight is 417 g/mol. The Balaban J connectivity index is 1.34. The number of hydrogen-bond acceptors (Lipinski definition) is 3. The molecular formula is C26H28N2O3. The van der Waals surface area contributed by atoms with Gasteiger partial charge in [-0.15, -0.1) is 0 Å². The van der Waals surface area contributed by atoms with E-state index in [-0.39, 0.29) is 11.9 Å². The van der Waals surface area contributed by atoms with Crippen LogP contribution in [0.3, 0.4) is 0 Å². The van der Waals surface area contributed by atoms with Gasteiger partial charge in [0.2, 0.25) is 0 Å². The molecule has 0 atom stereocenters. The summed E-state index contributed by atoms with van der Waals surface area (Å²) >= 11 is 0. The van der Waals surface area contributed by atoms with Crippen LogP contribution in [0.2, 0.25) is 0 Å². The molecule has 5 heteroatoms. The summed E-state index contributed by atoms with van der Waals surface area (Å²) in [6, 6.07) is 26.6. The molecule has 0 saturated carbocycles. The summed E-state index contributed by atoms with van der Waals surface area (Å²) in [7, 11) is 1.80. The third-order valence-electron chi connectivity index (χ3n) is 5.49. The van der Waals surface area contributed by atoms with Crippen molar-refractivity contribution < 1.29 is 14.3 Å². The van der Waals surface area contributed by atoms with E-state index in [1.165, 1.54) is 11.1 Å². The van der Waals surface area contributed by atoms with E-state index in [0.717, 1.165) is 23.5 Å². The quantitative estimate of drug-likeness (QED) is 0.601. The number of rotatable bonds is 7. The monoisotopic (exact) mass is 416 g/mol. The van der Waals surface area contributed by atoms with Gasteiger partial charge in [-0.25, -0.2) is 4.79 Å². The number of fused-ring (bicyclic) bond motifs is 1. The van der Waals surface area contributed by atoms with Crippen molar-refractivity contribution in [3.8, 4) is 11.5 Å². The highest BCUT2D eigenvalue weighted by atomic mass is 16.6. The van der Waals surface area contributed by atoms with Gasteiger partial charge < -0.3 is 19.7 Å². The number of nitrogens with zero attached hydrogens (tertiary/aromatic N) is 1. The molecule has 1 aliphatic heterocycles. The number of amides is 2. The molecule has 1 aliphatic rings. The molecule has 0 fully saturated rings. The smallest absolute Gasteiger partial charge is 0.317 e. The number of carbonyl (C=O) groups is 1. The Hall–Kier alpha value is -3.47. The molecule has 0 spiro atoms. The van der Waals surface area contributed by atoms with Crippen molar-refractivity contribution in [2.24, 2.45) is 0 Å². The molecule has 160 valence electrons. The molecule has 0 aliphatic carbocycles. The van der Waals surface area contributed by atoms with Gasteiger partial charge in [0.15, 0.2) is 11.5 Å². The predicted molar refractivity (Wildman–Crippen MR) is 122 cm³/mol. The highest BCUT2D eigenvalue weighted by molar-refractivity contribution is 5.73. The first-order valence-electron chi connectivity index (χ1n) is 10.7. The summed E-state index contributed by atoms with van der Waals surface area (Å²) in [5.41, 5.74) is 3.52. The second kappa shape index (κ2) is 10.0. The number of nitrogens with one attached hydrogen (secondary N) is 1. The van der Waals surface area contributed by atoms with Gasteiger partial charge >= 0.3 is 6.03 Å². The maximum absolute atomic E-state index is 12.6. The standard InChI is InChI=1S/C26H28N2O3/c1-28(19-20-12-13-24-25(18-20)31-17-16-30-24)26(29)27-15-14-23(21-8-4-2-5-9-21)22-10-6-3-7-11-22/h2-13,18,23H,14-17,19H2,1H3,(H,27,29). The van der Waals surface area contributed by atoms with Crippen molar-refractivity contribution in [3.63, 3.8) is 0 Å². The SMILES string of the molecule is CN(Cc1ccc2c(c1)OCCO2)C(=O)NCCC(c1ccccc1)c1ccccc1. The Morgan fingerprint density at radius 2 is 1.52 bits per heavy atom. The predicted octanol–water partition coefficient (Wildman–Crippen LogP) is 4.82. The molecule has 3 aromatic rings. The third kappa shape index (κ3) is 5.37. The first-order chi connectivity index (χ1) is 15.2. The molecule has 2 amide bonds. The second-order valence-electron chi connectivity index (χ2n) is 7.73. The summed E-state index contributed by atoms with van der Waals surface area (Å²) in [6.07, 6.45) is 0.831. The van der Waals surface area contributed by atoms with E-state index in [4.69, 9.17) is 9.47 Å². The van der Waals surface area contributed by atoms with E-state index in [9.17, 15) is 4.79 Å². The van der Waals surface area contributed by atoms with E-state index >= 15 is 0 Å². The molecule has 5 nitrogen and oxygen atoms in total. The number of ether oxygens (including phenoxy) is 2. The minimum absolute atomic E-state index is 0.0882. The summed E-state index contributed by atoms with van der Waals surface area (Å²) in [4.78, 5) is 14.3. The van der Waals surface area contributed by atoms with E-state index in [1.807, 2.05) is 30.3 Å². The van der Waals surface area contributed by atoms with Crippen molar-refractivity contribution in [1.29, 1.82) is 0 Å². The van der Waals surface area contributed by atoms with Gasteiger partial charge in [0.1, 0.15) is 13.2 Å². The highest BCUT2D eigenvalue weighted by Crippen LogP contribution is 2.31. The highest BCUT2D eigenvalue weighted by Gasteiger charge is 2.16. The number of benzene rings is 3. The maximum Gasteiger partial charge on any atom is 0.317 e. The molecule has 31 heavy (non-hydrogen) atoms. The lowest BCUT2D eigenvalue weighted by Crippen LogP contribution is -2.37. The molecule has 0 saturated heterocycles. The van der Waals surface area contributed by atoms with E-state index in [2.05, 4.69) is 53.8 Å². The van der Waals surface area contributed by atoms with E-state index in [0.29, 0.717) is 26.3 Å². The number of hydrogen-bond donors (Lipinski definition) is 1. The zero-order valence-electron chi connectivity index (χ0n) is 17.8. The summed E-state index contributed by atoms with van der Waals surface area (Å²) in [5, 5.41) is 3.07. The third-order valence-corrected chi connectivity index (χ3v) is 5.49. The van der Waals surface area contributed by atoms with Gasteiger partial charge in [0, 0.05) is 26.1 Å². The van der Waals surface area contributed by atoms with Gasteiger partial charge in [-0.3, -0.25) is 0 Å². The molecule has 0 bridgehead atoms. The Bertz CT molecular complexity index is 953. The lowest BCUT2D eigenvalue weighted by Gasteiger charge is -2.22. The van der Waals surface area contributed by atoms with Gasteiger partial charge in [-0.05, 0) is 35.2 Å². The molecule has 1 N–H and O–H groups in total. The van der Waals surface area contributed by atoms with Crippen LogP contribution < -0.4 is 14.8 Å². The number of urea groups is 1. The van der Waals surface area contributed by atoms with E-state index in [1.54, 1.807) is 11.9 Å². The second-order valence-corrected chi connectivity index (χ2v) is 7.73. The number of carbonyl (C=O) groups excluding carboxylic acids is 1. The largest absolute Gasteiger partial charge is 0.486 e. The molecule has 0 unspecified atom stereocenters. The van der Waals surface area contributed by atoms with Crippen LogP contribution in [0.25, 0.3) is 0 Å². The first kappa shape index (κ1) is 20.8. The van der Waals surface area contributed by atoms with Gasteiger partial charge in [0.05, 0.1) is 0 Å². The normalized spacial score (nSPS) is 12.5. The zero-order valence-corrected chi connectivity index (χ0v) is 17.8. The van der Waals surface area contributed by atoms with Crippen molar-refractivity contribution in [3.05, 3.63) is 95.6 Å². The molecule has 0 aromatic heterocycles. The summed E-state index contributed by atoms with van der Waals surface area (Å²) < 4.78 is 11.2. The lowest BCUT2D eigenvalue weighted by molar-refractivity contribution is 0.171. The molecular weight excluding hydrogens is 388 g/mol. The topological polar surface area (TPSA) is 50.8 Å². The van der Waals surface area contributed by atoms with Crippen molar-refractivity contribution in [2.75, 3.05) is 26.8 Å². The maximum atomic E-state index is 12.6. The van der Waals surface area contributed by atoms with Crippen LogP contribution in [0.4, 0.5) is 4.79 Å². The van der Waals surface area contributed by atoms with Crippen LogP contribution in [-0.4, -0.2) is 37.7 Å². The Labute approximate surface area is 183 Å². The van der Waals surface area contributed by atoms with Crippen LogP contribution in [0.5, 0.6) is 11.5 Å². The molecule has 0 radical (unpaired) electrons. The Kier molecular flexibility index (Phi) is 6.72. The molecule has 4 rings (SSSR count). The molecule has 1 heterocycles. The zero-order chi connectivity index (χ0) is 21.5. The fraction of sp³-hybridized carbons (Fsp3) is 0.269. The van der Waals surface area contributed by atoms with Gasteiger partial charge in [0.25, 0.3) is 0 Å². The minimum Gasteiger partial charge on any atom is -0.486 e. The fourth-order valence-corrected chi connectivity index (χ4v) is 3.89. The van der Waals surface area contributed by atoms with Gasteiger partial charge in [-0.2, -0.15) is 0 Å². The van der Waals surface area contributed by atoms with Crippen LogP contribution in [0.15, 0.2) is 78.9 Å². The fourth-order valence-electron chi connectivity index (χ4n) is 3.89. The molecule has 3 aromatic carbocycles. The minimum atomic E-state index is -0.0882. The Morgan fingerprint density at radius 1 is 0.903 bits per heavy atom. The van der Waals surface area contributed by atoms with Crippen LogP contribution >= 0.6 is 0 Å². The van der Waals surface area contributed by atoms with Crippen LogP contribution in [0.1, 0.15) is 29.0 Å². The Morgan fingerprint density at radius 3 is 2.16 bits per heavy atom. The summed E-state index contributed by atoms with van der Waals surface area (Å²) in [6.45, 7) is 2.22. The summed E-state index contributed by atoms with van der Waals surface area (Å²) in [5.74, 6) is 1.74. The first-order valence-corrected chi connectivity index (χ1v) is 10.7. The van der Waals surface area contributed by atoms with E-state index < -0.39 is 0 Å². The van der Waals surface area contributed by atoms with Crippen LogP contribution in [-0.2, 0) is 6.54 Å². The van der Waals surface area contributed by atoms with Gasteiger partial charge in [-0.1, -0.05) is 66.7 Å². The van der Waals surface area contributed by atoms with Crippen LogP contribution in [0, 0.1) is 0 Å². The average Bonchev–Trinajstić information content (AvgIpc) is 2.82.